The highest BCUT2D eigenvalue weighted by Gasteiger charge is 2.29. The molecule has 0 unspecified atom stereocenters. The summed E-state index contributed by atoms with van der Waals surface area (Å²) in [5.74, 6) is 0.365. The van der Waals surface area contributed by atoms with Crippen LogP contribution in [0.4, 0.5) is 5.69 Å². The Kier molecular flexibility index (Phi) is 3.92. The molecule has 1 amide bonds. The van der Waals surface area contributed by atoms with Crippen LogP contribution in [0.3, 0.4) is 0 Å². The molecule has 4 nitrogen and oxygen atoms in total. The van der Waals surface area contributed by atoms with Gasteiger partial charge in [-0.1, -0.05) is 6.07 Å². The van der Waals surface area contributed by atoms with Gasteiger partial charge in [-0.05, 0) is 46.8 Å². The fraction of sp³-hybridized carbons (Fsp3) is 0.462. The first-order valence-electron chi connectivity index (χ1n) is 5.96. The number of aliphatic hydroxyl groups is 1. The van der Waals surface area contributed by atoms with Crippen LogP contribution in [0.15, 0.2) is 22.7 Å². The van der Waals surface area contributed by atoms with Crippen LogP contribution in [0.5, 0.6) is 0 Å². The van der Waals surface area contributed by atoms with E-state index in [0.717, 1.165) is 12.8 Å². The molecule has 0 heterocycles. The molecule has 5 heteroatoms. The molecule has 2 rings (SSSR count). The number of benzene rings is 1. The summed E-state index contributed by atoms with van der Waals surface area (Å²) in [6.07, 6.45) is 1.39. The zero-order valence-corrected chi connectivity index (χ0v) is 11.9. The molecule has 1 aromatic rings. The lowest BCUT2D eigenvalue weighted by atomic mass is 9.82. The fourth-order valence-electron chi connectivity index (χ4n) is 2.24. The lowest BCUT2D eigenvalue weighted by Crippen LogP contribution is -2.39. The third kappa shape index (κ3) is 2.67. The molecule has 1 aromatic carbocycles. The Morgan fingerprint density at radius 2 is 2.22 bits per heavy atom. The minimum atomic E-state index is -0.183. The maximum absolute atomic E-state index is 12.3. The molecule has 3 N–H and O–H groups in total. The number of carbonyl (C=O) groups excluding carboxylic acids is 1. The van der Waals surface area contributed by atoms with E-state index in [1.165, 1.54) is 0 Å². The predicted molar refractivity (Wildman–Crippen MR) is 74.2 cm³/mol. The molecule has 0 bridgehead atoms. The van der Waals surface area contributed by atoms with Crippen LogP contribution in [0.25, 0.3) is 0 Å². The average Bonchev–Trinajstić information content (AvgIpc) is 2.30. The van der Waals surface area contributed by atoms with Gasteiger partial charge in [0.2, 0.25) is 0 Å². The van der Waals surface area contributed by atoms with Crippen molar-refractivity contribution in [3.8, 4) is 0 Å². The molecule has 98 valence electrons. The first kappa shape index (κ1) is 13.4. The molecular formula is C13H17BrN2O2. The smallest absolute Gasteiger partial charge is 0.254 e. The number of anilines is 1. The van der Waals surface area contributed by atoms with Crippen LogP contribution in [0.1, 0.15) is 23.2 Å². The van der Waals surface area contributed by atoms with Crippen LogP contribution < -0.4 is 5.73 Å². The quantitative estimate of drug-likeness (QED) is 0.837. The van der Waals surface area contributed by atoms with Crippen LogP contribution in [0, 0.1) is 5.92 Å². The largest absolute Gasteiger partial charge is 0.398 e. The molecule has 0 radical (unpaired) electrons. The number of nitrogens with two attached hydrogens (primary N) is 1. The third-order valence-electron chi connectivity index (χ3n) is 3.35. The van der Waals surface area contributed by atoms with Gasteiger partial charge in [-0.15, -0.1) is 0 Å². The molecule has 0 aliphatic heterocycles. The monoisotopic (exact) mass is 312 g/mol. The molecule has 1 fully saturated rings. The minimum absolute atomic E-state index is 0.0458. The van der Waals surface area contributed by atoms with E-state index in [0.29, 0.717) is 28.2 Å². The van der Waals surface area contributed by atoms with Crippen molar-refractivity contribution >= 4 is 27.5 Å². The summed E-state index contributed by atoms with van der Waals surface area (Å²) in [4.78, 5) is 13.9. The van der Waals surface area contributed by atoms with Gasteiger partial charge in [0.1, 0.15) is 0 Å². The van der Waals surface area contributed by atoms with E-state index in [-0.39, 0.29) is 12.0 Å². The van der Waals surface area contributed by atoms with E-state index in [9.17, 15) is 9.90 Å². The minimum Gasteiger partial charge on any atom is -0.398 e. The van der Waals surface area contributed by atoms with E-state index >= 15 is 0 Å². The number of aliphatic hydroxyl groups excluding tert-OH is 1. The number of hydrogen-bond acceptors (Lipinski definition) is 3. The first-order valence-corrected chi connectivity index (χ1v) is 6.76. The normalized spacial score (nSPS) is 22.4. The highest BCUT2D eigenvalue weighted by molar-refractivity contribution is 9.10. The van der Waals surface area contributed by atoms with Crippen LogP contribution in [-0.4, -0.2) is 35.6 Å². The summed E-state index contributed by atoms with van der Waals surface area (Å²) in [7, 11) is 1.78. The van der Waals surface area contributed by atoms with Gasteiger partial charge in [0.15, 0.2) is 0 Å². The van der Waals surface area contributed by atoms with Crippen molar-refractivity contribution in [2.45, 2.75) is 18.9 Å². The number of amides is 1. The van der Waals surface area contributed by atoms with Gasteiger partial charge in [-0.2, -0.15) is 0 Å². The zero-order chi connectivity index (χ0) is 13.3. The number of nitrogen functional groups attached to an aromatic ring is 1. The summed E-state index contributed by atoms with van der Waals surface area (Å²) >= 11 is 3.34. The number of nitrogens with zero attached hydrogens (tertiary/aromatic N) is 1. The van der Waals surface area contributed by atoms with Crippen molar-refractivity contribution in [3.63, 3.8) is 0 Å². The topological polar surface area (TPSA) is 66.6 Å². The molecular weight excluding hydrogens is 296 g/mol. The molecule has 0 spiro atoms. The molecule has 0 atom stereocenters. The van der Waals surface area contributed by atoms with E-state index < -0.39 is 0 Å². The number of rotatable bonds is 3. The van der Waals surface area contributed by atoms with Crippen molar-refractivity contribution in [2.24, 2.45) is 5.92 Å². The van der Waals surface area contributed by atoms with Gasteiger partial charge < -0.3 is 15.7 Å². The van der Waals surface area contributed by atoms with Crippen molar-refractivity contribution in [2.75, 3.05) is 19.3 Å². The Bertz CT molecular complexity index is 458. The van der Waals surface area contributed by atoms with E-state index in [1.807, 2.05) is 0 Å². The van der Waals surface area contributed by atoms with Gasteiger partial charge in [0.05, 0.1) is 16.1 Å². The number of halogens is 1. The molecule has 0 aromatic heterocycles. The van der Waals surface area contributed by atoms with Crippen LogP contribution in [-0.2, 0) is 0 Å². The second kappa shape index (κ2) is 5.28. The van der Waals surface area contributed by atoms with Crippen molar-refractivity contribution in [1.82, 2.24) is 4.90 Å². The number of hydrogen-bond donors (Lipinski definition) is 2. The second-order valence-electron chi connectivity index (χ2n) is 4.89. The van der Waals surface area contributed by atoms with Gasteiger partial charge in [0, 0.05) is 19.3 Å². The lowest BCUT2D eigenvalue weighted by molar-refractivity contribution is 0.0265. The Hall–Kier alpha value is -1.07. The maximum Gasteiger partial charge on any atom is 0.254 e. The molecule has 18 heavy (non-hydrogen) atoms. The van der Waals surface area contributed by atoms with Crippen LogP contribution in [0.2, 0.25) is 0 Å². The highest BCUT2D eigenvalue weighted by atomic mass is 79.9. The van der Waals surface area contributed by atoms with Gasteiger partial charge in [0.25, 0.3) is 5.91 Å². The fourth-order valence-corrected chi connectivity index (χ4v) is 2.67. The van der Waals surface area contributed by atoms with Gasteiger partial charge >= 0.3 is 0 Å². The van der Waals surface area contributed by atoms with E-state index in [4.69, 9.17) is 5.73 Å². The Balaban J connectivity index is 2.04. The predicted octanol–water partition coefficient (Wildman–Crippen LogP) is 1.87. The van der Waals surface area contributed by atoms with E-state index in [2.05, 4.69) is 15.9 Å². The zero-order valence-electron chi connectivity index (χ0n) is 10.3. The lowest BCUT2D eigenvalue weighted by Gasteiger charge is -2.34. The molecule has 1 saturated carbocycles. The second-order valence-corrected chi connectivity index (χ2v) is 5.68. The van der Waals surface area contributed by atoms with E-state index in [1.54, 1.807) is 30.1 Å². The summed E-state index contributed by atoms with van der Waals surface area (Å²) in [5, 5.41) is 9.24. The highest BCUT2D eigenvalue weighted by Crippen LogP contribution is 2.29. The van der Waals surface area contributed by atoms with Crippen molar-refractivity contribution in [1.29, 1.82) is 0 Å². The molecule has 1 aliphatic carbocycles. The van der Waals surface area contributed by atoms with Crippen molar-refractivity contribution < 1.29 is 9.90 Å². The third-order valence-corrected chi connectivity index (χ3v) is 4.23. The van der Waals surface area contributed by atoms with Gasteiger partial charge in [-0.3, -0.25) is 4.79 Å². The molecule has 0 saturated heterocycles. The summed E-state index contributed by atoms with van der Waals surface area (Å²) in [6.45, 7) is 0.678. The molecule has 1 aliphatic rings. The van der Waals surface area contributed by atoms with Crippen LogP contribution >= 0.6 is 15.9 Å². The maximum atomic E-state index is 12.3. The Morgan fingerprint density at radius 3 is 2.83 bits per heavy atom. The SMILES string of the molecule is CN(CC1CC(O)C1)C(=O)c1cccc(N)c1Br. The van der Waals surface area contributed by atoms with Gasteiger partial charge in [-0.25, -0.2) is 0 Å². The van der Waals surface area contributed by atoms with Crippen molar-refractivity contribution in [3.05, 3.63) is 28.2 Å². The first-order chi connectivity index (χ1) is 8.49. The number of carbonyl (C=O) groups is 1. The Labute approximate surface area is 115 Å². The summed E-state index contributed by atoms with van der Waals surface area (Å²) in [6, 6.07) is 5.28. The standard InChI is InChI=1S/C13H17BrN2O2/c1-16(7-8-5-9(17)6-8)13(18)10-3-2-4-11(15)12(10)14/h2-4,8-9,17H,5-7,15H2,1H3. The average molecular weight is 313 g/mol. The summed E-state index contributed by atoms with van der Waals surface area (Å²) in [5.41, 5.74) is 6.91. The Morgan fingerprint density at radius 1 is 1.56 bits per heavy atom. The summed E-state index contributed by atoms with van der Waals surface area (Å²) < 4.78 is 0.649.